The maximum atomic E-state index is 5.62. The van der Waals surface area contributed by atoms with Gasteiger partial charge >= 0.3 is 186 Å². The van der Waals surface area contributed by atoms with Crippen LogP contribution in [0.25, 0.3) is 0 Å². The molecule has 0 N–H and O–H groups in total. The van der Waals surface area contributed by atoms with Gasteiger partial charge < -0.3 is 0 Å². The second-order valence-corrected chi connectivity index (χ2v) is 32.2. The first-order valence-corrected chi connectivity index (χ1v) is 24.7. The van der Waals surface area contributed by atoms with Crippen molar-refractivity contribution >= 4 is 92.7 Å². The van der Waals surface area contributed by atoms with Gasteiger partial charge in [0.1, 0.15) is 0 Å². The van der Waals surface area contributed by atoms with Crippen LogP contribution in [0.1, 0.15) is 59.3 Å². The van der Waals surface area contributed by atoms with E-state index in [1.165, 1.54) is 0 Å². The molecular formula is C15H27BiO3S6. The van der Waals surface area contributed by atoms with Gasteiger partial charge in [0, 0.05) is 0 Å². The quantitative estimate of drug-likeness (QED) is 0.133. The number of hydrogen-bond acceptors (Lipinski definition) is 9. The zero-order chi connectivity index (χ0) is 18.9. The van der Waals surface area contributed by atoms with Crippen LogP contribution in [0, 0.1) is 0 Å². The summed E-state index contributed by atoms with van der Waals surface area (Å²) in [5, 5.41) is 0. The molecule has 0 bridgehead atoms. The third kappa shape index (κ3) is 17.4. The van der Waals surface area contributed by atoms with E-state index in [1.807, 2.05) is 0 Å². The number of rotatable bonds is 12. The third-order valence-electron chi connectivity index (χ3n) is 2.60. The number of thiocarbonyl (C=S) groups is 3. The van der Waals surface area contributed by atoms with E-state index in [4.69, 9.17) is 50.9 Å². The van der Waals surface area contributed by atoms with Crippen molar-refractivity contribution < 1.29 is 14.2 Å². The number of unbranched alkanes of at least 4 members (excludes halogenated alkanes) is 3. The normalized spacial score (nSPS) is 10.6. The summed E-state index contributed by atoms with van der Waals surface area (Å²) in [6.07, 6.45) is 6.31. The molecule has 0 unspecified atom stereocenters. The molecule has 3 nitrogen and oxygen atoms in total. The van der Waals surface area contributed by atoms with Crippen LogP contribution in [0.15, 0.2) is 0 Å². The Kier molecular flexibility index (Phi) is 20.2. The van der Waals surface area contributed by atoms with Gasteiger partial charge in [0.05, 0.1) is 0 Å². The Balaban J connectivity index is 4.44. The van der Waals surface area contributed by atoms with Crippen LogP contribution in [0.3, 0.4) is 0 Å². The summed E-state index contributed by atoms with van der Waals surface area (Å²) in [6, 6.07) is 0. The Morgan fingerprint density at radius 2 is 0.920 bits per heavy atom. The standard InChI is InChI=1S/3C5H10OS2.Bi/c3*1-2-3-4-6-5(7)8;/h3*2-4H2,1H3,(H,7,8);/q;;;+3/p-3. The van der Waals surface area contributed by atoms with Crippen molar-refractivity contribution in [1.29, 1.82) is 0 Å². The summed E-state index contributed by atoms with van der Waals surface area (Å²) < 4.78 is 18.7. The van der Waals surface area contributed by atoms with Crippen LogP contribution in [0.5, 0.6) is 0 Å². The van der Waals surface area contributed by atoms with Crippen LogP contribution in [0.2, 0.25) is 0 Å². The van der Waals surface area contributed by atoms with E-state index in [1.54, 1.807) is 25.6 Å². The fraction of sp³-hybridized carbons (Fsp3) is 0.800. The van der Waals surface area contributed by atoms with Gasteiger partial charge in [-0.05, 0) is 0 Å². The summed E-state index contributed by atoms with van der Waals surface area (Å²) in [4.78, 5) is 0. The van der Waals surface area contributed by atoms with Crippen LogP contribution < -0.4 is 0 Å². The summed E-state index contributed by atoms with van der Waals surface area (Å²) in [6.45, 7) is 8.40. The van der Waals surface area contributed by atoms with Gasteiger partial charge in [-0.15, -0.1) is 0 Å². The van der Waals surface area contributed by atoms with Crippen molar-refractivity contribution in [3.8, 4) is 0 Å². The average Bonchev–Trinajstić information content (AvgIpc) is 2.55. The van der Waals surface area contributed by atoms with Gasteiger partial charge in [-0.1, -0.05) is 0 Å². The van der Waals surface area contributed by atoms with Crippen molar-refractivity contribution in [2.45, 2.75) is 59.3 Å². The minimum atomic E-state index is -2.33. The van der Waals surface area contributed by atoms with Crippen molar-refractivity contribution in [3.05, 3.63) is 0 Å². The summed E-state index contributed by atoms with van der Waals surface area (Å²) in [5.74, 6) is 0. The molecule has 0 aromatic heterocycles. The molecule has 146 valence electrons. The van der Waals surface area contributed by atoms with Gasteiger partial charge in [-0.25, -0.2) is 0 Å². The fourth-order valence-electron chi connectivity index (χ4n) is 1.22. The Hall–Kier alpha value is 1.60. The van der Waals surface area contributed by atoms with Crippen LogP contribution >= 0.6 is 62.2 Å². The molecule has 0 atom stereocenters. The molecule has 25 heavy (non-hydrogen) atoms. The first-order valence-electron chi connectivity index (χ1n) is 8.37. The number of ether oxygens (including phenoxy) is 3. The second kappa shape index (κ2) is 18.9. The molecule has 0 aromatic carbocycles. The maximum absolute atomic E-state index is 5.62. The predicted molar refractivity (Wildman–Crippen MR) is 129 cm³/mol. The van der Waals surface area contributed by atoms with Crippen molar-refractivity contribution in [3.63, 3.8) is 0 Å². The van der Waals surface area contributed by atoms with E-state index in [0.29, 0.717) is 33.0 Å². The molecule has 0 saturated heterocycles. The van der Waals surface area contributed by atoms with E-state index in [0.717, 1.165) is 38.5 Å². The van der Waals surface area contributed by atoms with E-state index in [2.05, 4.69) is 20.8 Å². The summed E-state index contributed by atoms with van der Waals surface area (Å²) in [7, 11) is 4.90. The fourth-order valence-corrected chi connectivity index (χ4v) is 36.7. The molecule has 0 saturated carbocycles. The molecule has 0 heterocycles. The molecule has 0 aliphatic rings. The van der Waals surface area contributed by atoms with E-state index < -0.39 is 17.4 Å². The molecule has 0 spiro atoms. The van der Waals surface area contributed by atoms with Crippen molar-refractivity contribution in [2.75, 3.05) is 19.8 Å². The Labute approximate surface area is 184 Å². The number of hydrogen-bond donors (Lipinski definition) is 0. The van der Waals surface area contributed by atoms with Crippen LogP contribution in [0.4, 0.5) is 0 Å². The van der Waals surface area contributed by atoms with Crippen LogP contribution in [-0.2, 0) is 14.2 Å². The molecule has 0 aliphatic carbocycles. The molecule has 0 aliphatic heterocycles. The van der Waals surface area contributed by atoms with Gasteiger partial charge in [0.15, 0.2) is 0 Å². The Morgan fingerprint density at radius 1 is 0.640 bits per heavy atom. The molecular weight excluding hydrogens is 630 g/mol. The second-order valence-electron chi connectivity index (χ2n) is 4.85. The Bertz CT molecular complexity index is 340. The van der Waals surface area contributed by atoms with Gasteiger partial charge in [0.2, 0.25) is 0 Å². The molecule has 0 fully saturated rings. The Morgan fingerprint density at radius 3 is 1.16 bits per heavy atom. The van der Waals surface area contributed by atoms with Gasteiger partial charge in [-0.2, -0.15) is 0 Å². The van der Waals surface area contributed by atoms with E-state index in [-0.39, 0.29) is 0 Å². The SMILES string of the molecule is CCCCOC(=S)[S][Bi]([S]C(=S)OCCCC)[S]C(=S)OCCCC. The first kappa shape index (κ1) is 26.6. The minimum absolute atomic E-state index is 0.596. The molecule has 0 radical (unpaired) electrons. The zero-order valence-electron chi connectivity index (χ0n) is 15.0. The van der Waals surface area contributed by atoms with E-state index >= 15 is 0 Å². The average molecular weight is 657 g/mol. The van der Waals surface area contributed by atoms with Gasteiger partial charge in [-0.3, -0.25) is 0 Å². The van der Waals surface area contributed by atoms with Crippen molar-refractivity contribution in [1.82, 2.24) is 0 Å². The topological polar surface area (TPSA) is 27.7 Å². The predicted octanol–water partition coefficient (Wildman–Crippen LogP) is 6.48. The summed E-state index contributed by atoms with van der Waals surface area (Å²) in [5.41, 5.74) is 0. The summed E-state index contributed by atoms with van der Waals surface area (Å²) >= 11 is 13.7. The van der Waals surface area contributed by atoms with E-state index in [9.17, 15) is 0 Å². The molecule has 10 heteroatoms. The molecule has 0 aromatic rings. The van der Waals surface area contributed by atoms with Crippen LogP contribution in [-0.4, -0.2) is 50.3 Å². The van der Waals surface area contributed by atoms with Crippen molar-refractivity contribution in [2.24, 2.45) is 0 Å². The van der Waals surface area contributed by atoms with Gasteiger partial charge in [0.25, 0.3) is 0 Å². The zero-order valence-corrected chi connectivity index (χ0v) is 23.4. The molecule has 0 amide bonds. The monoisotopic (exact) mass is 656 g/mol. The third-order valence-corrected chi connectivity index (χ3v) is 32.3. The molecule has 0 rings (SSSR count). The first-order chi connectivity index (χ1) is 12.0.